The van der Waals surface area contributed by atoms with Crippen molar-refractivity contribution in [3.05, 3.63) is 28.5 Å². The Bertz CT molecular complexity index is 538. The highest BCUT2D eigenvalue weighted by Crippen LogP contribution is 2.30. The predicted molar refractivity (Wildman–Crippen MR) is 78.1 cm³/mol. The number of nitrogens with zero attached hydrogens (tertiary/aromatic N) is 1. The molecule has 0 amide bonds. The molecule has 0 unspecified atom stereocenters. The molecule has 19 heavy (non-hydrogen) atoms. The summed E-state index contributed by atoms with van der Waals surface area (Å²) in [5.41, 5.74) is 0.830. The van der Waals surface area contributed by atoms with E-state index < -0.39 is 21.5 Å². The Balaban J connectivity index is 3.30. The molecule has 0 saturated carbocycles. The molecule has 1 aromatic carbocycles. The summed E-state index contributed by atoms with van der Waals surface area (Å²) < 4.78 is 34.1. The Morgan fingerprint density at radius 3 is 2.47 bits per heavy atom. The van der Waals surface area contributed by atoms with Crippen LogP contribution in [0.25, 0.3) is 0 Å². The van der Waals surface area contributed by atoms with Crippen molar-refractivity contribution in [3.8, 4) is 5.75 Å². The average Bonchev–Trinajstić information content (AvgIpc) is 2.26. The maximum absolute atomic E-state index is 13.4. The van der Waals surface area contributed by atoms with Gasteiger partial charge in [0.1, 0.15) is 22.6 Å². The molecule has 1 aromatic rings. The molecule has 0 spiro atoms. The molecule has 0 aliphatic carbocycles. The van der Waals surface area contributed by atoms with Crippen LogP contribution in [0.15, 0.2) is 16.5 Å². The fourth-order valence-corrected chi connectivity index (χ4v) is 2.25. The first-order valence-corrected chi connectivity index (χ1v) is 7.16. The summed E-state index contributed by atoms with van der Waals surface area (Å²) in [5.74, 6) is -0.160. The monoisotopic (exact) mass is 305 g/mol. The van der Waals surface area contributed by atoms with Gasteiger partial charge in [0, 0.05) is 5.56 Å². The molecule has 106 valence electrons. The molecule has 0 fully saturated rings. The third-order valence-corrected chi connectivity index (χ3v) is 4.11. The predicted octanol–water partition coefficient (Wildman–Crippen LogP) is 3.76. The van der Waals surface area contributed by atoms with E-state index in [0.29, 0.717) is 17.0 Å². The van der Waals surface area contributed by atoms with Gasteiger partial charge >= 0.3 is 0 Å². The third-order valence-electron chi connectivity index (χ3n) is 2.35. The minimum Gasteiger partial charge on any atom is -0.494 e. The average molecular weight is 306 g/mol. The van der Waals surface area contributed by atoms with E-state index in [-0.39, 0.29) is 5.02 Å². The number of benzene rings is 1. The number of methoxy groups -OCH3 is 1. The van der Waals surface area contributed by atoms with Crippen molar-refractivity contribution in [1.82, 2.24) is 0 Å². The van der Waals surface area contributed by atoms with Crippen LogP contribution < -0.4 is 4.74 Å². The molecule has 0 bridgehead atoms. The lowest BCUT2D eigenvalue weighted by molar-refractivity contribution is 0.413. The van der Waals surface area contributed by atoms with Crippen LogP contribution in [-0.2, 0) is 11.0 Å². The molecule has 1 rings (SSSR count). The molecule has 1 atom stereocenters. The first-order chi connectivity index (χ1) is 8.66. The standard InChI is InChI=1S/C13H17ClFNO2S/c1-8(16-19(17)13(2,3)4)10-6-9(15)7-11(14)12(10)18-5/h6-7H,1-5H3/t19-/m1/s1. The van der Waals surface area contributed by atoms with Gasteiger partial charge < -0.3 is 4.74 Å². The van der Waals surface area contributed by atoms with Crippen LogP contribution in [0, 0.1) is 5.82 Å². The summed E-state index contributed by atoms with van der Waals surface area (Å²) >= 11 is 5.91. The molecular weight excluding hydrogens is 289 g/mol. The van der Waals surface area contributed by atoms with Crippen molar-refractivity contribution in [2.24, 2.45) is 4.40 Å². The SMILES string of the molecule is COc1c(Cl)cc(F)cc1C(C)=N[S@](=O)C(C)(C)C. The van der Waals surface area contributed by atoms with Gasteiger partial charge in [-0.3, -0.25) is 0 Å². The lowest BCUT2D eigenvalue weighted by Gasteiger charge is -2.15. The number of ether oxygens (including phenoxy) is 1. The zero-order valence-corrected chi connectivity index (χ0v) is 13.2. The molecule has 0 aromatic heterocycles. The molecule has 3 nitrogen and oxygen atoms in total. The largest absolute Gasteiger partial charge is 0.494 e. The summed E-state index contributed by atoms with van der Waals surface area (Å²) in [7, 11) is 0.0166. The molecular formula is C13H17ClFNO2S. The van der Waals surface area contributed by atoms with Crippen LogP contribution in [0.5, 0.6) is 5.75 Å². The minimum atomic E-state index is -1.42. The second-order valence-electron chi connectivity index (χ2n) is 5.01. The number of hydrogen-bond acceptors (Lipinski definition) is 2. The topological polar surface area (TPSA) is 38.7 Å². The summed E-state index contributed by atoms with van der Waals surface area (Å²) in [5, 5.41) is 0.161. The van der Waals surface area contributed by atoms with E-state index >= 15 is 0 Å². The van der Waals surface area contributed by atoms with E-state index in [0.717, 1.165) is 6.07 Å². The summed E-state index contributed by atoms with van der Waals surface area (Å²) in [4.78, 5) is 0. The highest BCUT2D eigenvalue weighted by molar-refractivity contribution is 7.85. The van der Waals surface area contributed by atoms with E-state index in [2.05, 4.69) is 4.40 Å². The molecule has 0 radical (unpaired) electrons. The maximum atomic E-state index is 13.4. The van der Waals surface area contributed by atoms with Gasteiger partial charge in [-0.05, 0) is 39.8 Å². The lowest BCUT2D eigenvalue weighted by Crippen LogP contribution is -2.20. The molecule has 0 N–H and O–H groups in total. The van der Waals surface area contributed by atoms with E-state index in [1.54, 1.807) is 6.92 Å². The van der Waals surface area contributed by atoms with Crippen molar-refractivity contribution >= 4 is 28.3 Å². The zero-order valence-electron chi connectivity index (χ0n) is 11.6. The van der Waals surface area contributed by atoms with Gasteiger partial charge in [0.05, 0.1) is 22.6 Å². The normalized spacial score (nSPS) is 14.4. The van der Waals surface area contributed by atoms with Gasteiger partial charge in [-0.15, -0.1) is 0 Å². The van der Waals surface area contributed by atoms with Crippen molar-refractivity contribution in [1.29, 1.82) is 0 Å². The number of hydrogen-bond donors (Lipinski definition) is 0. The van der Waals surface area contributed by atoms with E-state index in [4.69, 9.17) is 16.3 Å². The smallest absolute Gasteiger partial charge is 0.146 e. The van der Waals surface area contributed by atoms with E-state index in [1.807, 2.05) is 20.8 Å². The zero-order chi connectivity index (χ0) is 14.8. The van der Waals surface area contributed by atoms with Gasteiger partial charge in [-0.2, -0.15) is 4.40 Å². The molecule has 0 aliphatic heterocycles. The van der Waals surface area contributed by atoms with Crippen molar-refractivity contribution in [2.45, 2.75) is 32.4 Å². The van der Waals surface area contributed by atoms with Crippen LogP contribution in [-0.4, -0.2) is 21.8 Å². The maximum Gasteiger partial charge on any atom is 0.146 e. The Labute approximate surface area is 120 Å². The summed E-state index contributed by atoms with van der Waals surface area (Å²) in [6, 6.07) is 2.43. The van der Waals surface area contributed by atoms with Crippen molar-refractivity contribution < 1.29 is 13.3 Å². The number of halogens is 2. The summed E-state index contributed by atoms with van der Waals surface area (Å²) in [6.45, 7) is 7.10. The fourth-order valence-electron chi connectivity index (χ4n) is 1.35. The van der Waals surface area contributed by atoms with Crippen LogP contribution in [0.2, 0.25) is 5.02 Å². The van der Waals surface area contributed by atoms with Gasteiger partial charge in [0.25, 0.3) is 0 Å². The molecule has 6 heteroatoms. The minimum absolute atomic E-state index is 0.161. The second kappa shape index (κ2) is 6.01. The van der Waals surface area contributed by atoms with Gasteiger partial charge in [-0.25, -0.2) is 8.60 Å². The van der Waals surface area contributed by atoms with Crippen LogP contribution in [0.4, 0.5) is 4.39 Å². The van der Waals surface area contributed by atoms with Crippen molar-refractivity contribution in [3.63, 3.8) is 0 Å². The Morgan fingerprint density at radius 1 is 1.42 bits per heavy atom. The Hall–Kier alpha value is -0.940. The first-order valence-electron chi connectivity index (χ1n) is 5.67. The van der Waals surface area contributed by atoms with Crippen LogP contribution in [0.3, 0.4) is 0 Å². The second-order valence-corrected chi connectivity index (χ2v) is 7.32. The lowest BCUT2D eigenvalue weighted by atomic mass is 10.1. The Kier molecular flexibility index (Phi) is 5.10. The van der Waals surface area contributed by atoms with Crippen molar-refractivity contribution in [2.75, 3.05) is 7.11 Å². The summed E-state index contributed by atoms with van der Waals surface area (Å²) in [6.07, 6.45) is 0. The highest BCUT2D eigenvalue weighted by Gasteiger charge is 2.20. The molecule has 0 aliphatic rings. The van der Waals surface area contributed by atoms with E-state index in [1.165, 1.54) is 13.2 Å². The van der Waals surface area contributed by atoms with Crippen LogP contribution >= 0.6 is 11.6 Å². The van der Waals surface area contributed by atoms with E-state index in [9.17, 15) is 8.60 Å². The quantitative estimate of drug-likeness (QED) is 0.798. The fraction of sp³-hybridized carbons (Fsp3) is 0.462. The highest BCUT2D eigenvalue weighted by atomic mass is 35.5. The van der Waals surface area contributed by atoms with Gasteiger partial charge in [0.2, 0.25) is 0 Å². The Morgan fingerprint density at radius 2 is 2.00 bits per heavy atom. The van der Waals surface area contributed by atoms with Crippen LogP contribution in [0.1, 0.15) is 33.3 Å². The third kappa shape index (κ3) is 4.01. The first kappa shape index (κ1) is 16.1. The molecule has 0 saturated heterocycles. The number of rotatable bonds is 3. The molecule has 0 heterocycles. The van der Waals surface area contributed by atoms with Gasteiger partial charge in [-0.1, -0.05) is 11.6 Å². The van der Waals surface area contributed by atoms with Gasteiger partial charge in [0.15, 0.2) is 0 Å².